The van der Waals surface area contributed by atoms with Gasteiger partial charge in [-0.3, -0.25) is 4.79 Å². The van der Waals surface area contributed by atoms with Gasteiger partial charge in [-0.15, -0.1) is 0 Å². The van der Waals surface area contributed by atoms with E-state index in [1.165, 1.54) is 13.0 Å². The van der Waals surface area contributed by atoms with Crippen molar-refractivity contribution in [1.82, 2.24) is 0 Å². The lowest BCUT2D eigenvalue weighted by Crippen LogP contribution is -2.02. The van der Waals surface area contributed by atoms with Gasteiger partial charge in [-0.2, -0.15) is 0 Å². The summed E-state index contributed by atoms with van der Waals surface area (Å²) in [6.45, 7) is 2.87. The molecular weight excluding hydrogens is 208 g/mol. The Morgan fingerprint density at radius 3 is 2.75 bits per heavy atom. The van der Waals surface area contributed by atoms with Crippen molar-refractivity contribution in [2.24, 2.45) is 0 Å². The summed E-state index contributed by atoms with van der Waals surface area (Å²) in [6, 6.07) is 4.88. The number of aromatic hydroxyl groups is 1. The number of ketones is 1. The monoisotopic (exact) mass is 224 g/mol. The van der Waals surface area contributed by atoms with Gasteiger partial charge in [0.05, 0.1) is 25.4 Å². The van der Waals surface area contributed by atoms with Crippen molar-refractivity contribution < 1.29 is 19.4 Å². The molecule has 0 heterocycles. The summed E-state index contributed by atoms with van der Waals surface area (Å²) in [5.74, 6) is -0.149. The molecule has 1 N–H and O–H groups in total. The van der Waals surface area contributed by atoms with Crippen LogP contribution < -0.4 is 0 Å². The van der Waals surface area contributed by atoms with Crippen molar-refractivity contribution in [2.45, 2.75) is 13.5 Å². The molecule has 4 nitrogen and oxygen atoms in total. The Morgan fingerprint density at radius 2 is 2.12 bits per heavy atom. The van der Waals surface area contributed by atoms with Gasteiger partial charge >= 0.3 is 0 Å². The highest BCUT2D eigenvalue weighted by Gasteiger charge is 2.07. The van der Waals surface area contributed by atoms with E-state index < -0.39 is 0 Å². The summed E-state index contributed by atoms with van der Waals surface area (Å²) in [5.41, 5.74) is 1.19. The van der Waals surface area contributed by atoms with Gasteiger partial charge in [-0.25, -0.2) is 0 Å². The Labute approximate surface area is 94.8 Å². The molecule has 88 valence electrons. The fraction of sp³-hybridized carbons (Fsp3) is 0.417. The molecule has 0 bridgehead atoms. The van der Waals surface area contributed by atoms with Gasteiger partial charge in [0.1, 0.15) is 5.75 Å². The molecule has 0 aromatic heterocycles. The van der Waals surface area contributed by atoms with Crippen LogP contribution in [0.5, 0.6) is 5.75 Å². The zero-order chi connectivity index (χ0) is 12.0. The van der Waals surface area contributed by atoms with Crippen LogP contribution in [0.1, 0.15) is 22.8 Å². The molecule has 16 heavy (non-hydrogen) atoms. The number of phenolic OH excluding ortho intramolecular Hbond substituents is 1. The smallest absolute Gasteiger partial charge is 0.163 e. The SMILES string of the molecule is COCCOCc1ccc(O)c(C(C)=O)c1. The molecule has 1 aromatic carbocycles. The van der Waals surface area contributed by atoms with Crippen molar-refractivity contribution in [2.75, 3.05) is 20.3 Å². The van der Waals surface area contributed by atoms with Crippen molar-refractivity contribution in [3.63, 3.8) is 0 Å². The standard InChI is InChI=1S/C12H16O4/c1-9(13)11-7-10(3-4-12(11)14)8-16-6-5-15-2/h3-4,7,14H,5-6,8H2,1-2H3. The number of carbonyl (C=O) groups is 1. The van der Waals surface area contributed by atoms with Gasteiger partial charge in [0, 0.05) is 7.11 Å². The molecule has 0 radical (unpaired) electrons. The van der Waals surface area contributed by atoms with Gasteiger partial charge < -0.3 is 14.6 Å². The average Bonchev–Trinajstić information content (AvgIpc) is 2.26. The first kappa shape index (κ1) is 12.7. The number of hydrogen-bond acceptors (Lipinski definition) is 4. The minimum absolute atomic E-state index is 0.00754. The molecule has 0 unspecified atom stereocenters. The molecule has 0 aliphatic heterocycles. The lowest BCUT2D eigenvalue weighted by molar-refractivity contribution is 0.0616. The van der Waals surface area contributed by atoms with E-state index in [1.807, 2.05) is 0 Å². The normalized spacial score (nSPS) is 10.4. The van der Waals surface area contributed by atoms with Gasteiger partial charge in [-0.1, -0.05) is 6.07 Å². The number of ether oxygens (including phenoxy) is 2. The van der Waals surface area contributed by atoms with E-state index in [2.05, 4.69) is 0 Å². The van der Waals surface area contributed by atoms with Crippen LogP contribution >= 0.6 is 0 Å². The molecule has 0 aliphatic carbocycles. The van der Waals surface area contributed by atoms with Gasteiger partial charge in [0.25, 0.3) is 0 Å². The number of benzene rings is 1. The second-order valence-electron chi connectivity index (χ2n) is 3.45. The van der Waals surface area contributed by atoms with Crippen LogP contribution in [0.2, 0.25) is 0 Å². The third-order valence-electron chi connectivity index (χ3n) is 2.14. The first-order chi connectivity index (χ1) is 7.65. The maximum Gasteiger partial charge on any atom is 0.163 e. The van der Waals surface area contributed by atoms with Gasteiger partial charge in [0.2, 0.25) is 0 Å². The first-order valence-corrected chi connectivity index (χ1v) is 5.04. The average molecular weight is 224 g/mol. The first-order valence-electron chi connectivity index (χ1n) is 5.04. The molecule has 0 aliphatic rings. The van der Waals surface area contributed by atoms with Crippen molar-refractivity contribution in [1.29, 1.82) is 0 Å². The van der Waals surface area contributed by atoms with Crippen LogP contribution in [0.4, 0.5) is 0 Å². The highest BCUT2D eigenvalue weighted by atomic mass is 16.5. The molecule has 1 rings (SSSR count). The molecule has 0 amide bonds. The highest BCUT2D eigenvalue weighted by Crippen LogP contribution is 2.19. The van der Waals surface area contributed by atoms with Crippen molar-refractivity contribution in [3.05, 3.63) is 29.3 Å². The number of carbonyl (C=O) groups excluding carboxylic acids is 1. The lowest BCUT2D eigenvalue weighted by atomic mass is 10.1. The van der Waals surface area contributed by atoms with Crippen LogP contribution in [-0.4, -0.2) is 31.2 Å². The summed E-state index contributed by atoms with van der Waals surface area (Å²) in [6.07, 6.45) is 0. The fourth-order valence-corrected chi connectivity index (χ4v) is 1.29. The predicted octanol–water partition coefficient (Wildman–Crippen LogP) is 1.76. The molecule has 0 atom stereocenters. The fourth-order valence-electron chi connectivity index (χ4n) is 1.29. The van der Waals surface area contributed by atoms with Crippen molar-refractivity contribution >= 4 is 5.78 Å². The van der Waals surface area contributed by atoms with E-state index in [1.54, 1.807) is 19.2 Å². The maximum absolute atomic E-state index is 11.2. The number of hydrogen-bond donors (Lipinski definition) is 1. The molecule has 0 spiro atoms. The Balaban J connectivity index is 2.61. The summed E-state index contributed by atoms with van der Waals surface area (Å²) in [5, 5.41) is 9.43. The number of rotatable bonds is 6. The van der Waals surface area contributed by atoms with E-state index in [4.69, 9.17) is 9.47 Å². The van der Waals surface area contributed by atoms with Crippen LogP contribution in [0.25, 0.3) is 0 Å². The van der Waals surface area contributed by atoms with E-state index in [0.717, 1.165) is 5.56 Å². The minimum atomic E-state index is -0.156. The number of Topliss-reactive ketones (excluding diaryl/α,β-unsaturated/α-hetero) is 1. The summed E-state index contributed by atoms with van der Waals surface area (Å²) in [7, 11) is 1.61. The molecule has 4 heteroatoms. The molecular formula is C12H16O4. The second-order valence-corrected chi connectivity index (χ2v) is 3.45. The quantitative estimate of drug-likeness (QED) is 0.591. The van der Waals surface area contributed by atoms with Crippen LogP contribution in [0.15, 0.2) is 18.2 Å². The van der Waals surface area contributed by atoms with Crippen molar-refractivity contribution in [3.8, 4) is 5.75 Å². The third kappa shape index (κ3) is 3.64. The Morgan fingerprint density at radius 1 is 1.38 bits per heavy atom. The zero-order valence-corrected chi connectivity index (χ0v) is 9.53. The largest absolute Gasteiger partial charge is 0.507 e. The Bertz CT molecular complexity index is 360. The minimum Gasteiger partial charge on any atom is -0.507 e. The van der Waals surface area contributed by atoms with Gasteiger partial charge in [0.15, 0.2) is 5.78 Å². The van der Waals surface area contributed by atoms with Gasteiger partial charge in [-0.05, 0) is 24.6 Å². The number of methoxy groups -OCH3 is 1. The zero-order valence-electron chi connectivity index (χ0n) is 9.53. The highest BCUT2D eigenvalue weighted by molar-refractivity contribution is 5.96. The van der Waals surface area contributed by atoms with Crippen LogP contribution in [-0.2, 0) is 16.1 Å². The number of phenols is 1. The second kappa shape index (κ2) is 6.25. The third-order valence-corrected chi connectivity index (χ3v) is 2.14. The maximum atomic E-state index is 11.2. The summed E-state index contributed by atoms with van der Waals surface area (Å²) >= 11 is 0. The molecule has 0 saturated heterocycles. The topological polar surface area (TPSA) is 55.8 Å². The van der Waals surface area contributed by atoms with E-state index in [-0.39, 0.29) is 11.5 Å². The molecule has 0 fully saturated rings. The van der Waals surface area contributed by atoms with Crippen LogP contribution in [0.3, 0.4) is 0 Å². The Kier molecular flexibility index (Phi) is 4.95. The predicted molar refractivity (Wildman–Crippen MR) is 59.6 cm³/mol. The Hall–Kier alpha value is -1.39. The molecule has 0 saturated carbocycles. The summed E-state index contributed by atoms with van der Waals surface area (Å²) < 4.78 is 10.2. The van der Waals surface area contributed by atoms with E-state index in [0.29, 0.717) is 25.4 Å². The molecule has 1 aromatic rings. The van der Waals surface area contributed by atoms with E-state index >= 15 is 0 Å². The lowest BCUT2D eigenvalue weighted by Gasteiger charge is -2.06. The van der Waals surface area contributed by atoms with E-state index in [9.17, 15) is 9.90 Å². The summed E-state index contributed by atoms with van der Waals surface area (Å²) in [4.78, 5) is 11.2. The van der Waals surface area contributed by atoms with Crippen LogP contribution in [0, 0.1) is 0 Å².